The number of benzene rings is 2. The number of hydrogen-bond acceptors (Lipinski definition) is 5. The van der Waals surface area contributed by atoms with Crippen molar-refractivity contribution in [3.05, 3.63) is 65.2 Å². The van der Waals surface area contributed by atoms with Gasteiger partial charge in [-0.2, -0.15) is 0 Å². The van der Waals surface area contributed by atoms with Crippen LogP contribution in [0.1, 0.15) is 43.4 Å². The van der Waals surface area contributed by atoms with Gasteiger partial charge in [0, 0.05) is 12.2 Å². The topological polar surface area (TPSA) is 108 Å². The molecule has 38 heavy (non-hydrogen) atoms. The minimum absolute atomic E-state index is 0.0993. The zero-order valence-electron chi connectivity index (χ0n) is 22.4. The maximum Gasteiger partial charge on any atom is 0.250 e. The summed E-state index contributed by atoms with van der Waals surface area (Å²) in [7, 11) is 0. The Balaban J connectivity index is 1.48. The number of rotatable bonds is 8. The van der Waals surface area contributed by atoms with E-state index in [1.807, 2.05) is 76.2 Å². The second kappa shape index (κ2) is 10.2. The highest BCUT2D eigenvalue weighted by molar-refractivity contribution is 6.04. The highest BCUT2D eigenvalue weighted by atomic mass is 16.5. The Bertz CT molecular complexity index is 1230. The van der Waals surface area contributed by atoms with Crippen LogP contribution in [0.4, 0.5) is 5.69 Å². The number of anilines is 1. The van der Waals surface area contributed by atoms with Gasteiger partial charge in [-0.25, -0.2) is 0 Å². The smallest absolute Gasteiger partial charge is 0.250 e. The molecular formula is C30H37N3O5. The van der Waals surface area contributed by atoms with Crippen LogP contribution < -0.4 is 10.6 Å². The van der Waals surface area contributed by atoms with Gasteiger partial charge in [-0.15, -0.1) is 0 Å². The molecule has 3 heterocycles. The summed E-state index contributed by atoms with van der Waals surface area (Å²) in [5.41, 5.74) is 2.44. The summed E-state index contributed by atoms with van der Waals surface area (Å²) >= 11 is 0. The van der Waals surface area contributed by atoms with Gasteiger partial charge in [-0.05, 0) is 55.4 Å². The van der Waals surface area contributed by atoms with Gasteiger partial charge in [0.05, 0.1) is 30.6 Å². The molecule has 3 aliphatic rings. The first kappa shape index (κ1) is 26.4. The normalized spacial score (nSPS) is 28.5. The number of carbonyl (C=O) groups excluding carboxylic acids is 3. The van der Waals surface area contributed by atoms with Gasteiger partial charge in [-0.1, -0.05) is 56.3 Å². The van der Waals surface area contributed by atoms with Gasteiger partial charge in [0.15, 0.2) is 0 Å². The molecule has 202 valence electrons. The Hall–Kier alpha value is -3.23. The summed E-state index contributed by atoms with van der Waals surface area (Å²) in [4.78, 5) is 43.2. The first-order valence-electron chi connectivity index (χ1n) is 13.5. The molecule has 0 saturated carbocycles. The molecular weight excluding hydrogens is 482 g/mol. The van der Waals surface area contributed by atoms with Gasteiger partial charge in [0.1, 0.15) is 11.6 Å². The lowest BCUT2D eigenvalue weighted by atomic mass is 9.70. The molecule has 6 atom stereocenters. The number of aryl methyl sites for hydroxylation is 2. The van der Waals surface area contributed by atoms with Crippen molar-refractivity contribution in [1.29, 1.82) is 0 Å². The predicted octanol–water partition coefficient (Wildman–Crippen LogP) is 2.95. The second-order valence-corrected chi connectivity index (χ2v) is 11.3. The highest BCUT2D eigenvalue weighted by Crippen LogP contribution is 2.59. The number of carbonyl (C=O) groups is 3. The van der Waals surface area contributed by atoms with Gasteiger partial charge in [0.25, 0.3) is 0 Å². The van der Waals surface area contributed by atoms with Crippen LogP contribution in [0.3, 0.4) is 0 Å². The molecule has 3 N–H and O–H groups in total. The highest BCUT2D eigenvalue weighted by Gasteiger charge is 2.75. The van der Waals surface area contributed by atoms with Crippen molar-refractivity contribution in [2.45, 2.75) is 70.9 Å². The van der Waals surface area contributed by atoms with Crippen molar-refractivity contribution >= 4 is 23.4 Å². The van der Waals surface area contributed by atoms with Crippen LogP contribution in [0, 0.1) is 31.6 Å². The van der Waals surface area contributed by atoms with Gasteiger partial charge in [-0.3, -0.25) is 14.4 Å². The number of aliphatic hydroxyl groups is 1. The average molecular weight is 520 g/mol. The summed E-state index contributed by atoms with van der Waals surface area (Å²) < 4.78 is 6.50. The Labute approximate surface area is 223 Å². The van der Waals surface area contributed by atoms with Gasteiger partial charge < -0.3 is 25.4 Å². The summed E-state index contributed by atoms with van der Waals surface area (Å²) in [5.74, 6) is -2.44. The first-order valence-corrected chi connectivity index (χ1v) is 13.5. The summed E-state index contributed by atoms with van der Waals surface area (Å²) in [6, 6.07) is 13.9. The van der Waals surface area contributed by atoms with E-state index in [4.69, 9.17) is 4.74 Å². The molecule has 3 saturated heterocycles. The number of fused-ring (bicyclic) bond motifs is 1. The van der Waals surface area contributed by atoms with Gasteiger partial charge in [0.2, 0.25) is 17.7 Å². The van der Waals surface area contributed by atoms with E-state index < -0.39 is 35.6 Å². The van der Waals surface area contributed by atoms with E-state index in [0.29, 0.717) is 25.1 Å². The van der Waals surface area contributed by atoms with Crippen molar-refractivity contribution in [2.24, 2.45) is 17.8 Å². The minimum Gasteiger partial charge on any atom is -0.394 e. The third-order valence-corrected chi connectivity index (χ3v) is 8.56. The number of amides is 3. The Kier molecular flexibility index (Phi) is 7.05. The predicted molar refractivity (Wildman–Crippen MR) is 143 cm³/mol. The number of aliphatic hydroxyl groups excluding tert-OH is 1. The van der Waals surface area contributed by atoms with Crippen molar-refractivity contribution in [3.8, 4) is 0 Å². The van der Waals surface area contributed by atoms with E-state index in [0.717, 1.165) is 16.7 Å². The van der Waals surface area contributed by atoms with Crippen LogP contribution in [0.2, 0.25) is 0 Å². The summed E-state index contributed by atoms with van der Waals surface area (Å²) in [5, 5.41) is 16.4. The first-order chi connectivity index (χ1) is 18.2. The van der Waals surface area contributed by atoms with Crippen LogP contribution in [0.5, 0.6) is 0 Å². The number of hydrogen-bond donors (Lipinski definition) is 3. The number of likely N-dealkylation sites (tertiary alicyclic amines) is 1. The van der Waals surface area contributed by atoms with Crippen LogP contribution in [-0.4, -0.2) is 58.1 Å². The standard InChI is InChI=1S/C30H37N3O5/c1-17(2)22(16-34)33-26(28(36)32-21-14-18(3)10-11-19(21)4)30-13-12-23(38-30)24(25(30)29(33)37)27(35)31-15-20-8-6-5-7-9-20/h5-11,14,17,22-26,34H,12-13,15-16H2,1-4H3,(H,31,35)(H,32,36)/t22-,23-,24+,25-,26?,30?/m0/s1. The van der Waals surface area contributed by atoms with Crippen molar-refractivity contribution in [2.75, 3.05) is 11.9 Å². The fourth-order valence-electron chi connectivity index (χ4n) is 6.64. The van der Waals surface area contributed by atoms with Crippen LogP contribution in [0.15, 0.2) is 48.5 Å². The zero-order valence-corrected chi connectivity index (χ0v) is 22.4. The summed E-state index contributed by atoms with van der Waals surface area (Å²) in [6.07, 6.45) is 0.679. The Morgan fingerprint density at radius 2 is 1.87 bits per heavy atom. The van der Waals surface area contributed by atoms with Crippen molar-refractivity contribution in [1.82, 2.24) is 10.2 Å². The molecule has 0 radical (unpaired) electrons. The number of nitrogens with zero attached hydrogens (tertiary/aromatic N) is 1. The number of ether oxygens (including phenoxy) is 1. The second-order valence-electron chi connectivity index (χ2n) is 11.3. The molecule has 2 unspecified atom stereocenters. The SMILES string of the molecule is Cc1ccc(C)c(NC(=O)C2N([C@@H](CO)C(C)C)C(=O)[C@@H]3[C@H](C(=O)NCc4ccccc4)[C@@H]4CCC23O4)c1. The molecule has 8 heteroatoms. The fraction of sp³-hybridized carbons (Fsp3) is 0.500. The molecule has 0 aromatic heterocycles. The van der Waals surface area contributed by atoms with E-state index in [1.165, 1.54) is 4.90 Å². The lowest BCUT2D eigenvalue weighted by Crippen LogP contribution is -2.57. The third-order valence-electron chi connectivity index (χ3n) is 8.56. The lowest BCUT2D eigenvalue weighted by Gasteiger charge is -2.38. The minimum atomic E-state index is -1.11. The van der Waals surface area contributed by atoms with E-state index in [9.17, 15) is 19.5 Å². The lowest BCUT2D eigenvalue weighted by molar-refractivity contribution is -0.145. The van der Waals surface area contributed by atoms with E-state index >= 15 is 0 Å². The zero-order chi connectivity index (χ0) is 27.2. The molecule has 1 spiro atoms. The van der Waals surface area contributed by atoms with E-state index in [1.54, 1.807) is 0 Å². The fourth-order valence-corrected chi connectivity index (χ4v) is 6.64. The molecule has 2 bridgehead atoms. The largest absolute Gasteiger partial charge is 0.394 e. The van der Waals surface area contributed by atoms with Crippen LogP contribution in [-0.2, 0) is 25.7 Å². The molecule has 0 aliphatic carbocycles. The molecule has 5 rings (SSSR count). The van der Waals surface area contributed by atoms with E-state index in [2.05, 4.69) is 10.6 Å². The van der Waals surface area contributed by atoms with Crippen molar-refractivity contribution < 1.29 is 24.2 Å². The average Bonchev–Trinajstić information content (AvgIpc) is 3.53. The van der Waals surface area contributed by atoms with Crippen LogP contribution >= 0.6 is 0 Å². The molecule has 3 fully saturated rings. The molecule has 2 aromatic rings. The monoisotopic (exact) mass is 519 g/mol. The summed E-state index contributed by atoms with van der Waals surface area (Å²) in [6.45, 7) is 7.78. The third kappa shape index (κ3) is 4.29. The number of nitrogens with one attached hydrogen (secondary N) is 2. The maximum absolute atomic E-state index is 14.1. The van der Waals surface area contributed by atoms with Crippen LogP contribution in [0.25, 0.3) is 0 Å². The Morgan fingerprint density at radius 1 is 1.13 bits per heavy atom. The molecule has 2 aromatic carbocycles. The molecule has 8 nitrogen and oxygen atoms in total. The van der Waals surface area contributed by atoms with Gasteiger partial charge >= 0.3 is 0 Å². The Morgan fingerprint density at radius 3 is 2.55 bits per heavy atom. The molecule has 3 amide bonds. The molecule has 3 aliphatic heterocycles. The van der Waals surface area contributed by atoms with E-state index in [-0.39, 0.29) is 30.2 Å². The maximum atomic E-state index is 14.1. The quantitative estimate of drug-likeness (QED) is 0.497. The van der Waals surface area contributed by atoms with Crippen molar-refractivity contribution in [3.63, 3.8) is 0 Å².